The first-order valence-corrected chi connectivity index (χ1v) is 14.9. The number of thioether (sulfide) groups is 2. The molecule has 0 saturated carbocycles. The Hall–Kier alpha value is -0.260. The van der Waals surface area contributed by atoms with Crippen molar-refractivity contribution in [2.75, 3.05) is 50.0 Å². The van der Waals surface area contributed by atoms with Gasteiger partial charge in [0, 0.05) is 20.9 Å². The van der Waals surface area contributed by atoms with Gasteiger partial charge in [0.25, 0.3) is 0 Å². The number of benzene rings is 1. The molecule has 122 valence electrons. The van der Waals surface area contributed by atoms with Gasteiger partial charge in [0.05, 0.1) is 0 Å². The predicted octanol–water partition coefficient (Wildman–Crippen LogP) is 5.14. The van der Waals surface area contributed by atoms with Gasteiger partial charge < -0.3 is 0 Å². The van der Waals surface area contributed by atoms with Crippen LogP contribution in [0.4, 0.5) is 0 Å². The van der Waals surface area contributed by atoms with Crippen LogP contribution in [0.15, 0.2) is 21.9 Å². The molecule has 22 heavy (non-hydrogen) atoms. The second-order valence-electron chi connectivity index (χ2n) is 6.38. The van der Waals surface area contributed by atoms with Crippen LogP contribution in [-0.4, -0.2) is 50.0 Å². The van der Waals surface area contributed by atoms with Crippen molar-refractivity contribution in [1.29, 1.82) is 0 Å². The van der Waals surface area contributed by atoms with Gasteiger partial charge in [-0.05, 0) is 72.7 Å². The minimum Gasteiger partial charge on any atom is -0.186 e. The van der Waals surface area contributed by atoms with Crippen LogP contribution in [-0.2, 0) is 0 Å². The van der Waals surface area contributed by atoms with Crippen LogP contribution in [0.5, 0.6) is 0 Å². The van der Waals surface area contributed by atoms with Crippen molar-refractivity contribution < 1.29 is 0 Å². The molecule has 0 spiro atoms. The average molecular weight is 371 g/mol. The zero-order valence-electron chi connectivity index (χ0n) is 14.8. The fourth-order valence-corrected chi connectivity index (χ4v) is 3.47. The summed E-state index contributed by atoms with van der Waals surface area (Å²) in [6.45, 7) is 0. The number of hydrogen-bond acceptors (Lipinski definition) is 2. The first-order chi connectivity index (χ1) is 10.1. The smallest absolute Gasteiger partial charge is 0.0401 e. The van der Waals surface area contributed by atoms with Crippen molar-refractivity contribution in [1.82, 2.24) is 0 Å². The molecule has 0 aliphatic rings. The van der Waals surface area contributed by atoms with E-state index in [1.165, 1.54) is 9.79 Å². The Morgan fingerprint density at radius 2 is 1.00 bits per heavy atom. The van der Waals surface area contributed by atoms with E-state index in [0.717, 1.165) is 11.1 Å². The average Bonchev–Trinajstić information content (AvgIpc) is 2.40. The molecule has 0 nitrogen and oxygen atoms in total. The van der Waals surface area contributed by atoms with E-state index in [4.69, 9.17) is 0 Å². The lowest BCUT2D eigenvalue weighted by Crippen LogP contribution is -1.91. The van der Waals surface area contributed by atoms with E-state index < -0.39 is 20.1 Å². The van der Waals surface area contributed by atoms with Crippen molar-refractivity contribution in [3.05, 3.63) is 23.3 Å². The third-order valence-corrected chi connectivity index (χ3v) is 5.49. The Balaban J connectivity index is 3.40. The van der Waals surface area contributed by atoms with Gasteiger partial charge in [-0.3, -0.25) is 0 Å². The maximum Gasteiger partial charge on any atom is 0.0401 e. The highest BCUT2D eigenvalue weighted by Gasteiger charge is 2.08. The number of hydrogen-bond donors (Lipinski definition) is 0. The molecule has 1 aromatic rings. The molecule has 0 unspecified atom stereocenters. The first-order valence-electron chi connectivity index (χ1n) is 6.74. The molecule has 0 bridgehead atoms. The fourth-order valence-electron chi connectivity index (χ4n) is 1.51. The summed E-state index contributed by atoms with van der Waals surface area (Å²) in [4.78, 5) is 2.45. The fraction of sp³-hybridized carbons (Fsp3) is 0.444. The molecular weight excluding hydrogens is 344 g/mol. The van der Waals surface area contributed by atoms with Crippen molar-refractivity contribution in [3.63, 3.8) is 0 Å². The molecule has 0 aromatic heterocycles. The summed E-state index contributed by atoms with van der Waals surface area (Å²) >= 11 is 3.50. The number of rotatable bonds is 2. The second kappa shape index (κ2) is 8.02. The molecule has 4 heteroatoms. The molecule has 0 radical (unpaired) electrons. The molecule has 0 atom stereocenters. The van der Waals surface area contributed by atoms with Gasteiger partial charge >= 0.3 is 0 Å². The van der Waals surface area contributed by atoms with Crippen LogP contribution in [0.1, 0.15) is 11.1 Å². The highest BCUT2D eigenvalue weighted by molar-refractivity contribution is 8.36. The molecule has 1 aromatic carbocycles. The van der Waals surface area contributed by atoms with Crippen molar-refractivity contribution in [2.45, 2.75) is 9.79 Å². The molecule has 0 aliphatic carbocycles. The largest absolute Gasteiger partial charge is 0.186 e. The Morgan fingerprint density at radius 1 is 0.682 bits per heavy atom. The molecule has 0 N–H and O–H groups in total. The maximum absolute atomic E-state index is 3.42. The zero-order valence-corrected chi connectivity index (χ0v) is 18.1. The third kappa shape index (κ3) is 6.88. The predicted molar refractivity (Wildman–Crippen MR) is 114 cm³/mol. The van der Waals surface area contributed by atoms with E-state index >= 15 is 0 Å². The van der Waals surface area contributed by atoms with Crippen LogP contribution in [0, 0.1) is 22.3 Å². The van der Waals surface area contributed by atoms with Gasteiger partial charge in [0.2, 0.25) is 0 Å². The zero-order chi connectivity index (χ0) is 17.0. The lowest BCUT2D eigenvalue weighted by atomic mass is 10.1. The van der Waals surface area contributed by atoms with E-state index in [0.29, 0.717) is 0 Å². The molecule has 0 heterocycles. The molecule has 1 rings (SSSR count). The van der Waals surface area contributed by atoms with Gasteiger partial charge in [-0.2, -0.15) is 20.1 Å². The van der Waals surface area contributed by atoms with Crippen molar-refractivity contribution >= 4 is 43.6 Å². The van der Waals surface area contributed by atoms with E-state index in [1.54, 1.807) is 23.5 Å². The molecule has 0 fully saturated rings. The standard InChI is InChI=1S/C18H26S4/c1-19-17-13-16(10-12-22(6,7)8)18(20-2)14-15(17)9-11-21(3,4)5/h13-14H,1-8H3. The third-order valence-electron chi connectivity index (χ3n) is 2.51. The second-order valence-corrected chi connectivity index (χ2v) is 15.8. The molecular formula is C18H26S4. The highest BCUT2D eigenvalue weighted by atomic mass is 32.3. The summed E-state index contributed by atoms with van der Waals surface area (Å²) in [5.74, 6) is 6.78. The van der Waals surface area contributed by atoms with Gasteiger partial charge in [-0.15, -0.1) is 23.5 Å². The summed E-state index contributed by atoms with van der Waals surface area (Å²) < 4.78 is 0. The topological polar surface area (TPSA) is 0 Å². The maximum atomic E-state index is 3.42. The monoisotopic (exact) mass is 370 g/mol. The van der Waals surface area contributed by atoms with Crippen LogP contribution in [0.25, 0.3) is 0 Å². The lowest BCUT2D eigenvalue weighted by Gasteiger charge is -2.16. The van der Waals surface area contributed by atoms with Crippen LogP contribution in [0.3, 0.4) is 0 Å². The normalized spacial score (nSPS) is 12.7. The van der Waals surface area contributed by atoms with Crippen LogP contribution >= 0.6 is 43.6 Å². The summed E-state index contributed by atoms with van der Waals surface area (Å²) in [7, 11) is -1.62. The Kier molecular flexibility index (Phi) is 7.21. The molecule has 0 amide bonds. The van der Waals surface area contributed by atoms with E-state index in [2.05, 4.69) is 84.5 Å². The highest BCUT2D eigenvalue weighted by Crippen LogP contribution is 2.35. The Bertz CT molecular complexity index is 593. The van der Waals surface area contributed by atoms with Crippen molar-refractivity contribution in [3.8, 4) is 22.3 Å². The van der Waals surface area contributed by atoms with Gasteiger partial charge in [0.15, 0.2) is 0 Å². The summed E-state index contributed by atoms with van der Waals surface area (Å²) in [5, 5.41) is 6.84. The van der Waals surface area contributed by atoms with Crippen LogP contribution in [0.2, 0.25) is 0 Å². The Morgan fingerprint density at radius 3 is 1.23 bits per heavy atom. The quantitative estimate of drug-likeness (QED) is 0.522. The van der Waals surface area contributed by atoms with E-state index in [1.807, 2.05) is 0 Å². The van der Waals surface area contributed by atoms with E-state index in [-0.39, 0.29) is 0 Å². The first kappa shape index (κ1) is 19.8. The summed E-state index contributed by atoms with van der Waals surface area (Å²) in [6, 6.07) is 4.41. The minimum absolute atomic E-state index is 0.808. The summed E-state index contributed by atoms with van der Waals surface area (Å²) in [5.41, 5.74) is 2.26. The summed E-state index contributed by atoms with van der Waals surface area (Å²) in [6.07, 6.45) is 17.5. The molecule has 0 aliphatic heterocycles. The van der Waals surface area contributed by atoms with Crippen molar-refractivity contribution in [2.24, 2.45) is 0 Å². The lowest BCUT2D eigenvalue weighted by molar-refractivity contribution is 1.29. The van der Waals surface area contributed by atoms with Gasteiger partial charge in [-0.1, -0.05) is 11.8 Å². The molecule has 0 saturated heterocycles. The van der Waals surface area contributed by atoms with Gasteiger partial charge in [0.1, 0.15) is 0 Å². The SMILES string of the molecule is CSc1cc(C#CS(C)(C)C)c(SC)cc1C#CS(C)(C)C. The van der Waals surface area contributed by atoms with E-state index in [9.17, 15) is 0 Å². The minimum atomic E-state index is -0.808. The Labute approximate surface area is 148 Å². The van der Waals surface area contributed by atoms with Crippen LogP contribution < -0.4 is 0 Å². The van der Waals surface area contributed by atoms with Gasteiger partial charge in [-0.25, -0.2) is 0 Å².